The molecule has 0 aromatic carbocycles. The van der Waals surface area contributed by atoms with Crippen LogP contribution < -0.4 is 10.6 Å². The fraction of sp³-hybridized carbons (Fsp3) is 0.889. The molecule has 0 aliphatic heterocycles. The van der Waals surface area contributed by atoms with Crippen LogP contribution in [0.1, 0.15) is 53.4 Å². The molecule has 2 N–H and O–H groups in total. The lowest BCUT2D eigenvalue weighted by atomic mass is 9.93. The zero-order chi connectivity index (χ0) is 18.1. The summed E-state index contributed by atoms with van der Waals surface area (Å²) in [6.07, 6.45) is 4.96. The predicted molar refractivity (Wildman–Crippen MR) is 115 cm³/mol. The van der Waals surface area contributed by atoms with Crippen molar-refractivity contribution in [2.45, 2.75) is 71.6 Å². The highest BCUT2D eigenvalue weighted by molar-refractivity contribution is 14.0. The summed E-state index contributed by atoms with van der Waals surface area (Å²) in [6.45, 7) is 9.51. The molecule has 0 unspecified atom stereocenters. The van der Waals surface area contributed by atoms with E-state index < -0.39 is 0 Å². The van der Waals surface area contributed by atoms with Crippen molar-refractivity contribution in [3.05, 3.63) is 0 Å². The topological polar surface area (TPSA) is 66.0 Å². The van der Waals surface area contributed by atoms with Crippen LogP contribution in [-0.4, -0.2) is 62.2 Å². The van der Waals surface area contributed by atoms with E-state index in [0.29, 0.717) is 24.2 Å². The van der Waals surface area contributed by atoms with E-state index in [2.05, 4.69) is 43.3 Å². The van der Waals surface area contributed by atoms with Gasteiger partial charge in [0, 0.05) is 26.7 Å². The van der Waals surface area contributed by atoms with Crippen LogP contribution >= 0.6 is 24.0 Å². The van der Waals surface area contributed by atoms with Gasteiger partial charge in [0.15, 0.2) is 5.96 Å². The minimum Gasteiger partial charge on any atom is -0.376 e. The Bertz CT molecular complexity index is 406. The number of hydrogen-bond donors (Lipinski definition) is 2. The molecule has 1 rings (SSSR count). The Morgan fingerprint density at radius 2 is 1.76 bits per heavy atom. The maximum absolute atomic E-state index is 11.8. The molecule has 0 aromatic rings. The van der Waals surface area contributed by atoms with Crippen molar-refractivity contribution in [1.82, 2.24) is 15.5 Å². The standard InChI is InChI=1S/C18H36N4O2.HI/c1-13(2)11-19-18(20-12-17(23)22(5)6)21-15-7-9-16(10-8-15)24-14(3)4;/h13-16H,7-12H2,1-6H3,(H2,19,20,21);1H. The van der Waals surface area contributed by atoms with E-state index in [0.717, 1.165) is 38.2 Å². The number of ether oxygens (including phenoxy) is 1. The summed E-state index contributed by atoms with van der Waals surface area (Å²) in [5.74, 6) is 1.28. The molecule has 0 spiro atoms. The molecule has 7 heteroatoms. The Balaban J connectivity index is 0.00000576. The van der Waals surface area contributed by atoms with E-state index in [1.807, 2.05) is 0 Å². The van der Waals surface area contributed by atoms with Gasteiger partial charge >= 0.3 is 0 Å². The number of likely N-dealkylation sites (N-methyl/N-ethyl adjacent to an activating group) is 1. The maximum atomic E-state index is 11.8. The molecule has 1 saturated carbocycles. The molecule has 0 bridgehead atoms. The first-order valence-corrected chi connectivity index (χ1v) is 9.18. The van der Waals surface area contributed by atoms with Crippen molar-refractivity contribution in [3.63, 3.8) is 0 Å². The normalized spacial score (nSPS) is 21.0. The zero-order valence-electron chi connectivity index (χ0n) is 16.7. The van der Waals surface area contributed by atoms with Gasteiger partial charge in [-0.25, -0.2) is 4.99 Å². The molecular weight excluding hydrogens is 431 g/mol. The number of aliphatic imine (C=N–C) groups is 1. The molecule has 25 heavy (non-hydrogen) atoms. The van der Waals surface area contributed by atoms with Crippen LogP contribution in [0.25, 0.3) is 0 Å². The second-order valence-corrected chi connectivity index (χ2v) is 7.53. The van der Waals surface area contributed by atoms with Crippen LogP contribution in [0.2, 0.25) is 0 Å². The lowest BCUT2D eigenvalue weighted by molar-refractivity contribution is -0.127. The third-order valence-electron chi connectivity index (χ3n) is 4.03. The summed E-state index contributed by atoms with van der Waals surface area (Å²) in [5.41, 5.74) is 0. The van der Waals surface area contributed by atoms with Gasteiger partial charge in [-0.2, -0.15) is 0 Å². The first-order valence-electron chi connectivity index (χ1n) is 9.18. The number of halogens is 1. The number of nitrogens with zero attached hydrogens (tertiary/aromatic N) is 2. The fourth-order valence-corrected chi connectivity index (χ4v) is 2.66. The second kappa shape index (κ2) is 12.7. The average Bonchev–Trinajstić information content (AvgIpc) is 2.50. The Hall–Kier alpha value is -0.570. The van der Waals surface area contributed by atoms with Gasteiger partial charge in [0.05, 0.1) is 12.2 Å². The van der Waals surface area contributed by atoms with Crippen LogP contribution in [0.3, 0.4) is 0 Å². The predicted octanol–water partition coefficient (Wildman–Crippen LogP) is 2.62. The smallest absolute Gasteiger partial charge is 0.243 e. The average molecular weight is 468 g/mol. The maximum Gasteiger partial charge on any atom is 0.243 e. The summed E-state index contributed by atoms with van der Waals surface area (Å²) >= 11 is 0. The molecule has 1 aliphatic rings. The van der Waals surface area contributed by atoms with E-state index in [-0.39, 0.29) is 36.4 Å². The highest BCUT2D eigenvalue weighted by Crippen LogP contribution is 2.22. The Morgan fingerprint density at radius 1 is 1.16 bits per heavy atom. The van der Waals surface area contributed by atoms with Gasteiger partial charge in [0.1, 0.15) is 6.54 Å². The van der Waals surface area contributed by atoms with E-state index in [1.54, 1.807) is 19.0 Å². The molecule has 0 radical (unpaired) electrons. The highest BCUT2D eigenvalue weighted by atomic mass is 127. The van der Waals surface area contributed by atoms with Crippen LogP contribution in [0.15, 0.2) is 4.99 Å². The van der Waals surface area contributed by atoms with Crippen molar-refractivity contribution >= 4 is 35.8 Å². The number of carbonyl (C=O) groups is 1. The molecule has 0 aromatic heterocycles. The molecule has 1 aliphatic carbocycles. The lowest BCUT2D eigenvalue weighted by Crippen LogP contribution is -2.47. The van der Waals surface area contributed by atoms with Crippen LogP contribution in [0.4, 0.5) is 0 Å². The van der Waals surface area contributed by atoms with Gasteiger partial charge in [-0.3, -0.25) is 4.79 Å². The number of nitrogens with one attached hydrogen (secondary N) is 2. The van der Waals surface area contributed by atoms with Gasteiger partial charge < -0.3 is 20.3 Å². The van der Waals surface area contributed by atoms with Crippen LogP contribution in [0.5, 0.6) is 0 Å². The summed E-state index contributed by atoms with van der Waals surface area (Å²) in [6, 6.07) is 0.393. The van der Waals surface area contributed by atoms with Crippen LogP contribution in [0, 0.1) is 5.92 Å². The van der Waals surface area contributed by atoms with E-state index in [4.69, 9.17) is 4.74 Å². The van der Waals surface area contributed by atoms with E-state index in [9.17, 15) is 4.79 Å². The Kier molecular flexibility index (Phi) is 12.4. The number of hydrogen-bond acceptors (Lipinski definition) is 3. The minimum atomic E-state index is 0. The zero-order valence-corrected chi connectivity index (χ0v) is 19.0. The first kappa shape index (κ1) is 24.4. The molecule has 0 heterocycles. The molecule has 6 nitrogen and oxygen atoms in total. The quantitative estimate of drug-likeness (QED) is 0.343. The third kappa shape index (κ3) is 10.9. The van der Waals surface area contributed by atoms with Crippen LogP contribution in [-0.2, 0) is 9.53 Å². The SMILES string of the molecule is CC(C)CNC(=NCC(=O)N(C)C)NC1CCC(OC(C)C)CC1.I. The molecular formula is C18H37IN4O2. The number of guanidine groups is 1. The van der Waals surface area contributed by atoms with Gasteiger partial charge in [0.2, 0.25) is 5.91 Å². The monoisotopic (exact) mass is 468 g/mol. The van der Waals surface area contributed by atoms with Crippen molar-refractivity contribution in [2.24, 2.45) is 10.9 Å². The number of rotatable bonds is 7. The van der Waals surface area contributed by atoms with Crippen molar-refractivity contribution in [1.29, 1.82) is 0 Å². The van der Waals surface area contributed by atoms with E-state index >= 15 is 0 Å². The van der Waals surface area contributed by atoms with Crippen molar-refractivity contribution in [3.8, 4) is 0 Å². The molecule has 1 fully saturated rings. The van der Waals surface area contributed by atoms with Gasteiger partial charge in [0.25, 0.3) is 0 Å². The summed E-state index contributed by atoms with van der Waals surface area (Å²) in [5, 5.41) is 6.83. The molecule has 0 saturated heterocycles. The van der Waals surface area contributed by atoms with Gasteiger partial charge in [-0.05, 0) is 45.4 Å². The Labute approximate surface area is 170 Å². The molecule has 1 amide bonds. The van der Waals surface area contributed by atoms with Crippen molar-refractivity contribution < 1.29 is 9.53 Å². The number of carbonyl (C=O) groups excluding carboxylic acids is 1. The lowest BCUT2D eigenvalue weighted by Gasteiger charge is -2.31. The largest absolute Gasteiger partial charge is 0.376 e. The summed E-state index contributed by atoms with van der Waals surface area (Å²) in [7, 11) is 3.50. The third-order valence-corrected chi connectivity index (χ3v) is 4.03. The van der Waals surface area contributed by atoms with Gasteiger partial charge in [-0.1, -0.05) is 13.8 Å². The minimum absolute atomic E-state index is 0. The molecule has 0 atom stereocenters. The first-order chi connectivity index (χ1) is 11.3. The second-order valence-electron chi connectivity index (χ2n) is 7.53. The number of amides is 1. The fourth-order valence-electron chi connectivity index (χ4n) is 2.66. The Morgan fingerprint density at radius 3 is 2.24 bits per heavy atom. The van der Waals surface area contributed by atoms with E-state index in [1.165, 1.54) is 0 Å². The summed E-state index contributed by atoms with van der Waals surface area (Å²) < 4.78 is 5.90. The summed E-state index contributed by atoms with van der Waals surface area (Å²) in [4.78, 5) is 17.8. The molecule has 148 valence electrons. The van der Waals surface area contributed by atoms with Gasteiger partial charge in [-0.15, -0.1) is 24.0 Å². The van der Waals surface area contributed by atoms with Crippen molar-refractivity contribution in [2.75, 3.05) is 27.2 Å². The highest BCUT2D eigenvalue weighted by Gasteiger charge is 2.23.